The van der Waals surface area contributed by atoms with E-state index in [4.69, 9.17) is 6.57 Å². The van der Waals surface area contributed by atoms with Crippen molar-refractivity contribution in [3.05, 3.63) is 60.4 Å². The first-order chi connectivity index (χ1) is 61.6. The summed E-state index contributed by atoms with van der Waals surface area (Å²) < 4.78 is 41.9. The minimum absolute atomic E-state index is 0.0202. The van der Waals surface area contributed by atoms with Gasteiger partial charge in [-0.15, -0.1) is 11.8 Å². The normalized spacial score (nSPS) is 49.2. The molecular formula is C106H150N10O11S3. The fourth-order valence-corrected chi connectivity index (χ4v) is 40.1. The van der Waals surface area contributed by atoms with E-state index in [1.807, 2.05) is 43.9 Å². The molecule has 1 unspecified atom stereocenters. The molecule has 130 heavy (non-hydrogen) atoms. The van der Waals surface area contributed by atoms with Crippen molar-refractivity contribution in [3.8, 4) is 6.07 Å². The van der Waals surface area contributed by atoms with Gasteiger partial charge in [-0.1, -0.05) is 46.3 Å². The van der Waals surface area contributed by atoms with E-state index < -0.39 is 43.0 Å². The average Bonchev–Trinajstić information content (AvgIpc) is 1.48. The summed E-state index contributed by atoms with van der Waals surface area (Å²) in [6.45, 7) is 28.9. The molecule has 20 aliphatic carbocycles. The summed E-state index contributed by atoms with van der Waals surface area (Å²) in [5.74, 6) is 21.3. The minimum atomic E-state index is -3.31. The summed E-state index contributed by atoms with van der Waals surface area (Å²) in [6, 6.07) is 3.47. The molecule has 0 bridgehead atoms. The fourth-order valence-electron chi connectivity index (χ4n) is 38.7. The Morgan fingerprint density at radius 3 is 1.25 bits per heavy atom. The predicted molar refractivity (Wildman–Crippen MR) is 496 cm³/mol. The van der Waals surface area contributed by atoms with Crippen LogP contribution < -0.4 is 0 Å². The lowest BCUT2D eigenvalue weighted by atomic mass is 9.42. The monoisotopic (exact) mass is 1840 g/mol. The third-order valence-electron chi connectivity index (χ3n) is 43.1. The SMILES string of the molecule is CS(=O)c1cnn(CC(=O)[C@H]2[C@H]3C[C@H]3[C@H]3[C@@H]4CC[C@@H]5C[C@](C)(O)CC[C@@H]5[C@H]4CC[C@@]32C)c1.CSc1cnn(CC(=O)[C@H]2[C@H]3C[C@H]3[C@H]3[C@@H]4CC[C@@H]5C[C@](C)(O)CC[C@@H]5[C@H]4CC[C@@]32C)c1.C[C@@]1(O)CC[C@H]2[C@H](CC[C@@H]3[C@@H]2CC[C@@]2(C)[C@H]3[C@@H]3C[C@@H]3[C@@H]2C(=O)Cn2cc(S(C)(=O)=O)cn2)C1.[C-]#[N+]c1cc(C#N)nn1CC(=O)[C@H]1[C@H]2C[C@H]2[C@H]2[C@]3(C)CC[C@@H]4C[C@](C)(O)CC[C@@H]4[C@H]3CC[C@@]21C. The molecule has 0 amide bonds. The molecular weight excluding hydrogens is 1690 g/mol. The largest absolute Gasteiger partial charge is 0.390 e. The van der Waals surface area contributed by atoms with Crippen LogP contribution in [0.5, 0.6) is 0 Å². The van der Waals surface area contributed by atoms with E-state index in [0.29, 0.717) is 106 Å². The zero-order valence-electron chi connectivity index (χ0n) is 79.7. The Morgan fingerprint density at radius 1 is 0.462 bits per heavy atom. The highest BCUT2D eigenvalue weighted by atomic mass is 32.2. The Balaban J connectivity index is 0.000000105. The molecule has 20 aliphatic rings. The number of hydrogen-bond acceptors (Lipinski definition) is 17. The van der Waals surface area contributed by atoms with Gasteiger partial charge in [0.1, 0.15) is 11.0 Å². The van der Waals surface area contributed by atoms with Crippen LogP contribution >= 0.6 is 11.8 Å². The number of nitrogens with zero attached hydrogens (tertiary/aromatic N) is 10. The summed E-state index contributed by atoms with van der Waals surface area (Å²) in [4.78, 5) is 60.0. The van der Waals surface area contributed by atoms with E-state index in [9.17, 15) is 57.5 Å². The molecule has 24 rings (SSSR count). The van der Waals surface area contributed by atoms with Crippen molar-refractivity contribution >= 4 is 61.3 Å². The third-order valence-corrected chi connectivity index (χ3v) is 45.8. The number of nitriles is 1. The zero-order chi connectivity index (χ0) is 91.3. The number of ketones is 4. The van der Waals surface area contributed by atoms with Crippen LogP contribution in [0.1, 0.15) is 273 Å². The highest BCUT2D eigenvalue weighted by Crippen LogP contribution is 2.81. The van der Waals surface area contributed by atoms with Gasteiger partial charge in [0.05, 0.1) is 76.3 Å². The van der Waals surface area contributed by atoms with E-state index in [1.54, 1.807) is 35.1 Å². The van der Waals surface area contributed by atoms with Gasteiger partial charge in [0.2, 0.25) is 0 Å². The van der Waals surface area contributed by atoms with Gasteiger partial charge in [-0.05, 0) is 426 Å². The lowest BCUT2D eigenvalue weighted by Gasteiger charge is -2.63. The van der Waals surface area contributed by atoms with Crippen molar-refractivity contribution in [2.75, 3.05) is 18.8 Å². The van der Waals surface area contributed by atoms with Crippen LogP contribution in [0.15, 0.2) is 57.9 Å². The Labute approximate surface area is 779 Å². The van der Waals surface area contributed by atoms with E-state index in [1.165, 1.54) is 169 Å². The highest BCUT2D eigenvalue weighted by Gasteiger charge is 2.77. The van der Waals surface area contributed by atoms with Crippen LogP contribution in [0.3, 0.4) is 0 Å². The van der Waals surface area contributed by atoms with Crippen LogP contribution in [-0.2, 0) is 66.0 Å². The number of thioether (sulfide) groups is 1. The van der Waals surface area contributed by atoms with Crippen LogP contribution in [0.25, 0.3) is 4.85 Å². The molecule has 20 saturated carbocycles. The van der Waals surface area contributed by atoms with Crippen LogP contribution in [0.2, 0.25) is 0 Å². The highest BCUT2D eigenvalue weighted by molar-refractivity contribution is 7.98. The molecule has 0 aliphatic heterocycles. The second kappa shape index (κ2) is 32.5. The van der Waals surface area contributed by atoms with Crippen LogP contribution in [0, 0.1) is 228 Å². The van der Waals surface area contributed by atoms with Crippen molar-refractivity contribution < 1.29 is 52.2 Å². The first-order valence-electron chi connectivity index (χ1n) is 51.6. The van der Waals surface area contributed by atoms with Crippen molar-refractivity contribution in [2.24, 2.45) is 211 Å². The number of carbonyl (C=O) groups excluding carboxylic acids is 4. The lowest BCUT2D eigenvalue weighted by Crippen LogP contribution is -2.57. The summed E-state index contributed by atoms with van der Waals surface area (Å²) in [7, 11) is -4.37. The van der Waals surface area contributed by atoms with E-state index in [2.05, 4.69) is 73.0 Å². The van der Waals surface area contributed by atoms with E-state index in [-0.39, 0.29) is 91.8 Å². The molecule has 20 fully saturated rings. The van der Waals surface area contributed by atoms with Gasteiger partial charge in [0, 0.05) is 65.7 Å². The summed E-state index contributed by atoms with van der Waals surface area (Å²) in [5.41, 5.74) is -0.941. The Bertz CT molecular complexity index is 5320. The number of Topliss-reactive ketones (excluding diaryl/α,β-unsaturated/α-hetero) is 4. The number of fused-ring (bicyclic) bond motifs is 28. The van der Waals surface area contributed by atoms with Gasteiger partial charge in [-0.25, -0.2) is 8.42 Å². The number of aromatic nitrogens is 8. The molecule has 0 spiro atoms. The average molecular weight is 1840 g/mol. The summed E-state index contributed by atoms with van der Waals surface area (Å²) >= 11 is 1.69. The van der Waals surface area contributed by atoms with Crippen molar-refractivity contribution in [3.63, 3.8) is 0 Å². The molecule has 708 valence electrons. The maximum absolute atomic E-state index is 13.8. The molecule has 4 N–H and O–H groups in total. The van der Waals surface area contributed by atoms with E-state index >= 15 is 0 Å². The van der Waals surface area contributed by atoms with Crippen molar-refractivity contribution in [2.45, 2.75) is 331 Å². The number of sulfone groups is 1. The first-order valence-corrected chi connectivity index (χ1v) is 56.3. The third kappa shape index (κ3) is 15.5. The molecule has 24 heteroatoms. The first kappa shape index (κ1) is 91.2. The van der Waals surface area contributed by atoms with Gasteiger partial charge < -0.3 is 25.3 Å². The van der Waals surface area contributed by atoms with Crippen LogP contribution in [-0.4, -0.2) is 136 Å². The Kier molecular flexibility index (Phi) is 22.8. The van der Waals surface area contributed by atoms with Crippen LogP contribution in [0.4, 0.5) is 5.82 Å². The van der Waals surface area contributed by atoms with Crippen molar-refractivity contribution in [1.29, 1.82) is 5.26 Å². The fraction of sp³-hybridized carbons (Fsp3) is 0.830. The molecule has 21 nitrogen and oxygen atoms in total. The molecule has 0 radical (unpaired) electrons. The molecule has 0 saturated heterocycles. The number of carbonyl (C=O) groups is 4. The minimum Gasteiger partial charge on any atom is -0.390 e. The second-order valence-corrected chi connectivity index (χ2v) is 54.9. The topological polar surface area (TPSA) is 300 Å². The molecule has 0 aromatic carbocycles. The quantitative estimate of drug-likeness (QED) is 0.0635. The standard InChI is InChI=1S/C28H36N4O2.C26H38N2O4S.C26H38N2O3S.C26H38N2O2S/c1-26(34)8-6-18-16(13-26)5-9-27(2)21(18)7-10-28(3)24(19-12-20(19)25(27)28)22(33)15-32-23(30-4)11-17(14-29)31-32;1-25(30)8-6-17-15(11-25)4-5-19-18(17)7-9-26(2)23(19)20-10-21(20)24(26)22(29)14-28-13-16(12-27-28)33(3,31)32;1-25(30)8-6-17-15(11-25)4-5-19-18(17)7-9-26(2)23(19)20-10-21(20)24(26)22(29)14-28-13-16(12-27-28)32(3)31;1-25(30)8-6-17-15(11-25)4-5-19-18(17)7-9-26(2)23(19)20-10-21(20)24(26)22(29)14-28-13-16(31-3)12-27-28/h11,16,18-21,24-25,34H,5-10,12-13,15H2,1-3H3;12-13,15,17-21,23-24,30H,4-11,14H2,1-3H3;12-13,15,17-21,23-24,30H,4-11,14H2,1-3H3;12-13,15,17-21,23-24,30H,4-11,14H2,1-3H3/t16-,18+,19+,20-,21-,24-,25+,26-,27-,28-;15-,17+,18-,19-,20-,21+,23-,24-,25-,26+;15-,17+,18-,19-,20-,21+,23-,24-,25-,26+,32?;15-,17+,18-,19-,20-,21+,23-,24-,25-,26+/m1111/s1. The van der Waals surface area contributed by atoms with Gasteiger partial charge >= 0.3 is 0 Å². The molecule has 4 aromatic rings. The van der Waals surface area contributed by atoms with Crippen molar-refractivity contribution in [1.82, 2.24) is 39.1 Å². The van der Waals surface area contributed by atoms with Gasteiger partial charge in [0.15, 0.2) is 45.2 Å². The van der Waals surface area contributed by atoms with Gasteiger partial charge in [-0.3, -0.25) is 37.4 Å². The molecule has 4 heterocycles. The summed E-state index contributed by atoms with van der Waals surface area (Å²) in [6.07, 6.45) is 52.2. The zero-order valence-corrected chi connectivity index (χ0v) is 82.2. The molecule has 4 aromatic heterocycles. The predicted octanol–water partition coefficient (Wildman–Crippen LogP) is 18.0. The number of aliphatic hydroxyl groups is 4. The maximum Gasteiger partial charge on any atom is 0.253 e. The lowest BCUT2D eigenvalue weighted by molar-refractivity contribution is -0.159. The Morgan fingerprint density at radius 2 is 0.838 bits per heavy atom. The summed E-state index contributed by atoms with van der Waals surface area (Å²) in [5, 5.41) is 68.9. The van der Waals surface area contributed by atoms with Gasteiger partial charge in [0.25, 0.3) is 5.82 Å². The Hall–Kier alpha value is -5.21. The maximum atomic E-state index is 13.8. The number of rotatable bonds is 15. The number of hydrogen-bond donors (Lipinski definition) is 4. The second-order valence-electron chi connectivity index (χ2n) is 50.6. The smallest absolute Gasteiger partial charge is 0.253 e. The van der Waals surface area contributed by atoms with Gasteiger partial charge in [-0.2, -0.15) is 25.2 Å². The van der Waals surface area contributed by atoms with E-state index in [0.717, 1.165) is 158 Å². The molecule has 41 atom stereocenters.